The van der Waals surface area contributed by atoms with E-state index in [1.54, 1.807) is 30.0 Å². The van der Waals surface area contributed by atoms with Gasteiger partial charge in [0.05, 0.1) is 5.75 Å². The van der Waals surface area contributed by atoms with E-state index in [1.807, 2.05) is 44.2 Å². The molecule has 1 atom stereocenters. The summed E-state index contributed by atoms with van der Waals surface area (Å²) in [6, 6.07) is 14.0. The first kappa shape index (κ1) is 22.6. The number of nitrogens with zero attached hydrogens (tertiary/aromatic N) is 1. The Balaban J connectivity index is 2.15. The molecule has 0 bridgehead atoms. The molecule has 28 heavy (non-hydrogen) atoms. The van der Waals surface area contributed by atoms with Gasteiger partial charge in [0.2, 0.25) is 11.8 Å². The monoisotopic (exact) mass is 438 g/mol. The first-order valence-corrected chi connectivity index (χ1v) is 10.7. The fourth-order valence-corrected chi connectivity index (χ4v) is 3.66. The lowest BCUT2D eigenvalue weighted by Gasteiger charge is -2.29. The van der Waals surface area contributed by atoms with E-state index in [4.69, 9.17) is 23.2 Å². The van der Waals surface area contributed by atoms with Crippen LogP contribution in [-0.2, 0) is 16.1 Å². The summed E-state index contributed by atoms with van der Waals surface area (Å²) in [5.74, 6) is -0.107. The van der Waals surface area contributed by atoms with Gasteiger partial charge in [-0.15, -0.1) is 11.8 Å². The number of rotatable bonds is 8. The molecule has 0 aliphatic heterocycles. The Morgan fingerprint density at radius 2 is 1.68 bits per heavy atom. The Bertz CT molecular complexity index is 812. The van der Waals surface area contributed by atoms with Gasteiger partial charge in [-0.25, -0.2) is 0 Å². The summed E-state index contributed by atoms with van der Waals surface area (Å²) in [6.07, 6.45) is 0. The smallest absolute Gasteiger partial charge is 0.242 e. The molecule has 2 amide bonds. The van der Waals surface area contributed by atoms with Gasteiger partial charge in [-0.05, 0) is 56.7 Å². The number of carbonyl (C=O) groups is 2. The van der Waals surface area contributed by atoms with Crippen LogP contribution in [0.2, 0.25) is 10.0 Å². The van der Waals surface area contributed by atoms with Crippen LogP contribution in [-0.4, -0.2) is 34.6 Å². The van der Waals surface area contributed by atoms with Gasteiger partial charge in [-0.1, -0.05) is 41.4 Å². The number of benzene rings is 2. The van der Waals surface area contributed by atoms with Gasteiger partial charge in [0.15, 0.2) is 0 Å². The molecule has 0 saturated heterocycles. The van der Waals surface area contributed by atoms with E-state index in [1.165, 1.54) is 11.8 Å². The normalized spacial score (nSPS) is 11.9. The third kappa shape index (κ3) is 6.73. The van der Waals surface area contributed by atoms with Crippen LogP contribution in [0.3, 0.4) is 0 Å². The summed E-state index contributed by atoms with van der Waals surface area (Å²) >= 11 is 13.6. The van der Waals surface area contributed by atoms with Crippen LogP contribution >= 0.6 is 35.0 Å². The van der Waals surface area contributed by atoms with Gasteiger partial charge < -0.3 is 10.2 Å². The average Bonchev–Trinajstić information content (AvgIpc) is 2.65. The van der Waals surface area contributed by atoms with Crippen LogP contribution in [0.25, 0.3) is 0 Å². The summed E-state index contributed by atoms with van der Waals surface area (Å²) in [7, 11) is 0. The lowest BCUT2D eigenvalue weighted by atomic mass is 10.1. The van der Waals surface area contributed by atoms with Crippen molar-refractivity contribution in [2.75, 3.05) is 5.75 Å². The zero-order chi connectivity index (χ0) is 20.7. The second-order valence-electron chi connectivity index (χ2n) is 6.69. The molecule has 0 aliphatic rings. The summed E-state index contributed by atoms with van der Waals surface area (Å²) in [6.45, 7) is 5.79. The highest BCUT2D eigenvalue weighted by Gasteiger charge is 2.27. The molecule has 0 aliphatic carbocycles. The van der Waals surface area contributed by atoms with Crippen molar-refractivity contribution in [2.24, 2.45) is 0 Å². The molecule has 0 radical (unpaired) electrons. The molecule has 0 saturated carbocycles. The molecular weight excluding hydrogens is 415 g/mol. The number of carbonyl (C=O) groups excluding carboxylic acids is 2. The van der Waals surface area contributed by atoms with Crippen molar-refractivity contribution in [3.05, 3.63) is 64.1 Å². The molecule has 2 rings (SSSR count). The SMILES string of the molecule is CC(C)NC(=O)C(C)N(Cc1ccccc1Cl)C(=O)CSc1ccc(Cl)cc1. The number of hydrogen-bond donors (Lipinski definition) is 1. The summed E-state index contributed by atoms with van der Waals surface area (Å²) in [5.41, 5.74) is 0.804. The summed E-state index contributed by atoms with van der Waals surface area (Å²) < 4.78 is 0. The third-order valence-corrected chi connectivity index (χ3v) is 5.69. The van der Waals surface area contributed by atoms with E-state index in [2.05, 4.69) is 5.32 Å². The molecule has 150 valence electrons. The second kappa shape index (κ2) is 10.7. The van der Waals surface area contributed by atoms with Crippen molar-refractivity contribution in [3.8, 4) is 0 Å². The molecule has 4 nitrogen and oxygen atoms in total. The fraction of sp³-hybridized carbons (Fsp3) is 0.333. The third-order valence-electron chi connectivity index (χ3n) is 4.07. The van der Waals surface area contributed by atoms with Crippen LogP contribution in [0, 0.1) is 0 Å². The van der Waals surface area contributed by atoms with Gasteiger partial charge in [0.1, 0.15) is 6.04 Å². The predicted octanol–water partition coefficient (Wildman–Crippen LogP) is 5.03. The van der Waals surface area contributed by atoms with Gasteiger partial charge in [0, 0.05) is 27.5 Å². The Hall–Kier alpha value is -1.69. The van der Waals surface area contributed by atoms with Crippen molar-refractivity contribution >= 4 is 46.8 Å². The summed E-state index contributed by atoms with van der Waals surface area (Å²) in [4.78, 5) is 28.0. The predicted molar refractivity (Wildman–Crippen MR) is 117 cm³/mol. The Kier molecular flexibility index (Phi) is 8.67. The first-order valence-electron chi connectivity index (χ1n) is 8.99. The number of halogens is 2. The van der Waals surface area contributed by atoms with Gasteiger partial charge in [0.25, 0.3) is 0 Å². The minimum atomic E-state index is -0.614. The molecule has 0 heterocycles. The first-order chi connectivity index (χ1) is 13.3. The van der Waals surface area contributed by atoms with Crippen LogP contribution in [0.15, 0.2) is 53.4 Å². The van der Waals surface area contributed by atoms with E-state index >= 15 is 0 Å². The molecule has 0 aromatic heterocycles. The molecule has 0 spiro atoms. The average molecular weight is 439 g/mol. The maximum Gasteiger partial charge on any atom is 0.242 e. The van der Waals surface area contributed by atoms with Crippen molar-refractivity contribution in [1.82, 2.24) is 10.2 Å². The molecule has 2 aromatic carbocycles. The Morgan fingerprint density at radius 1 is 1.04 bits per heavy atom. The number of thioether (sulfide) groups is 1. The van der Waals surface area contributed by atoms with E-state index in [0.29, 0.717) is 10.0 Å². The van der Waals surface area contributed by atoms with Crippen molar-refractivity contribution in [3.63, 3.8) is 0 Å². The van der Waals surface area contributed by atoms with Gasteiger partial charge in [-0.2, -0.15) is 0 Å². The minimum absolute atomic E-state index is 0.00402. The maximum atomic E-state index is 13.0. The number of nitrogens with one attached hydrogen (secondary N) is 1. The summed E-state index contributed by atoms with van der Waals surface area (Å²) in [5, 5.41) is 4.09. The quantitative estimate of drug-likeness (QED) is 0.587. The van der Waals surface area contributed by atoms with E-state index < -0.39 is 6.04 Å². The minimum Gasteiger partial charge on any atom is -0.352 e. The van der Waals surface area contributed by atoms with Gasteiger partial charge in [-0.3, -0.25) is 9.59 Å². The zero-order valence-electron chi connectivity index (χ0n) is 16.1. The number of hydrogen-bond acceptors (Lipinski definition) is 3. The largest absolute Gasteiger partial charge is 0.352 e. The Morgan fingerprint density at radius 3 is 2.29 bits per heavy atom. The maximum absolute atomic E-state index is 13.0. The highest BCUT2D eigenvalue weighted by molar-refractivity contribution is 8.00. The van der Waals surface area contributed by atoms with Crippen molar-refractivity contribution in [2.45, 2.75) is 44.3 Å². The lowest BCUT2D eigenvalue weighted by molar-refractivity contribution is -0.138. The van der Waals surface area contributed by atoms with Crippen LogP contribution in [0.5, 0.6) is 0 Å². The van der Waals surface area contributed by atoms with E-state index in [0.717, 1.165) is 10.5 Å². The second-order valence-corrected chi connectivity index (χ2v) is 8.59. The van der Waals surface area contributed by atoms with Crippen molar-refractivity contribution in [1.29, 1.82) is 0 Å². The highest BCUT2D eigenvalue weighted by Crippen LogP contribution is 2.23. The molecule has 1 N–H and O–H groups in total. The van der Waals surface area contributed by atoms with Crippen molar-refractivity contribution < 1.29 is 9.59 Å². The van der Waals surface area contributed by atoms with E-state index in [-0.39, 0.29) is 30.2 Å². The van der Waals surface area contributed by atoms with Crippen LogP contribution in [0.4, 0.5) is 0 Å². The standard InChI is InChI=1S/C21H24Cl2N2O2S/c1-14(2)24-21(27)15(3)25(12-16-6-4-5-7-19(16)23)20(26)13-28-18-10-8-17(22)9-11-18/h4-11,14-15H,12-13H2,1-3H3,(H,24,27). The number of amides is 2. The molecule has 7 heteroatoms. The topological polar surface area (TPSA) is 49.4 Å². The highest BCUT2D eigenvalue weighted by atomic mass is 35.5. The van der Waals surface area contributed by atoms with Gasteiger partial charge >= 0.3 is 0 Å². The Labute approximate surface area is 180 Å². The molecule has 0 fully saturated rings. The molecule has 2 aromatic rings. The van der Waals surface area contributed by atoms with E-state index in [9.17, 15) is 9.59 Å². The fourth-order valence-electron chi connectivity index (χ4n) is 2.56. The molecule has 1 unspecified atom stereocenters. The van der Waals surface area contributed by atoms with Crippen LogP contribution < -0.4 is 5.32 Å². The lowest BCUT2D eigenvalue weighted by Crippen LogP contribution is -2.49. The molecular formula is C21H24Cl2N2O2S. The van der Waals surface area contributed by atoms with Crippen LogP contribution in [0.1, 0.15) is 26.3 Å². The zero-order valence-corrected chi connectivity index (χ0v) is 18.4.